The Hall–Kier alpha value is -2.55. The van der Waals surface area contributed by atoms with E-state index < -0.39 is 70.7 Å². The molecule has 2 heterocycles. The number of rotatable bonds is 8. The predicted molar refractivity (Wildman–Crippen MR) is 99.5 cm³/mol. The summed E-state index contributed by atoms with van der Waals surface area (Å²) in [4.78, 5) is 48.7. The fourth-order valence-electron chi connectivity index (χ4n) is 2.82. The van der Waals surface area contributed by atoms with Crippen LogP contribution in [0.4, 0.5) is 0 Å². The van der Waals surface area contributed by atoms with E-state index in [1.54, 1.807) is 13.8 Å². The van der Waals surface area contributed by atoms with E-state index in [4.69, 9.17) is 18.4 Å². The molecule has 0 saturated carbocycles. The second kappa shape index (κ2) is 9.51. The largest absolute Gasteiger partial charge is 0.456 e. The number of carbonyl (C=O) groups excluding carboxylic acids is 2. The summed E-state index contributed by atoms with van der Waals surface area (Å²) in [6, 6.07) is 0.599. The molecule has 0 aromatic carbocycles. The highest BCUT2D eigenvalue weighted by Gasteiger charge is 2.51. The Bertz CT molecular complexity index is 999. The monoisotopic (exact) mass is 449 g/mol. The Morgan fingerprint density at radius 1 is 1.20 bits per heavy atom. The molecule has 0 aliphatic carbocycles. The lowest BCUT2D eigenvalue weighted by Gasteiger charge is -2.23. The molecular formula is C16H23N3O10S. The van der Waals surface area contributed by atoms with E-state index in [1.807, 2.05) is 4.98 Å². The van der Waals surface area contributed by atoms with E-state index in [0.29, 0.717) is 0 Å². The van der Waals surface area contributed by atoms with Crippen LogP contribution < -0.4 is 16.0 Å². The molecule has 30 heavy (non-hydrogen) atoms. The van der Waals surface area contributed by atoms with Crippen molar-refractivity contribution in [3.05, 3.63) is 33.1 Å². The maximum absolute atomic E-state index is 12.2. The number of esters is 2. The van der Waals surface area contributed by atoms with Crippen molar-refractivity contribution in [1.29, 1.82) is 0 Å². The quantitative estimate of drug-likeness (QED) is 0.447. The summed E-state index contributed by atoms with van der Waals surface area (Å²) in [6.07, 6.45) is -4.04. The average molecular weight is 449 g/mol. The molecule has 0 spiro atoms. The van der Waals surface area contributed by atoms with Crippen molar-refractivity contribution in [1.82, 2.24) is 14.3 Å². The van der Waals surface area contributed by atoms with Gasteiger partial charge in [0.1, 0.15) is 6.10 Å². The Kier molecular flexibility index (Phi) is 7.52. The van der Waals surface area contributed by atoms with Gasteiger partial charge in [0.2, 0.25) is 0 Å². The van der Waals surface area contributed by atoms with Gasteiger partial charge in [0.05, 0.1) is 6.61 Å². The Morgan fingerprint density at radius 3 is 2.33 bits per heavy atom. The molecule has 0 radical (unpaired) electrons. The van der Waals surface area contributed by atoms with Gasteiger partial charge in [-0.2, -0.15) is 13.1 Å². The van der Waals surface area contributed by atoms with Crippen LogP contribution in [0.15, 0.2) is 21.9 Å². The summed E-state index contributed by atoms with van der Waals surface area (Å²) in [6.45, 7) is 4.76. The minimum atomic E-state index is -4.15. The van der Waals surface area contributed by atoms with Crippen LogP contribution in [0.3, 0.4) is 0 Å². The second-order valence-electron chi connectivity index (χ2n) is 6.74. The normalized spacial score (nSPS) is 24.0. The van der Waals surface area contributed by atoms with Crippen molar-refractivity contribution in [2.75, 3.05) is 6.61 Å². The number of aromatic nitrogens is 2. The summed E-state index contributed by atoms with van der Waals surface area (Å²) >= 11 is 0. The third kappa shape index (κ3) is 6.22. The minimum absolute atomic E-state index is 0.440. The Morgan fingerprint density at radius 2 is 1.80 bits per heavy atom. The van der Waals surface area contributed by atoms with Gasteiger partial charge < -0.3 is 14.2 Å². The topological polar surface area (TPSA) is 172 Å². The highest BCUT2D eigenvalue weighted by molar-refractivity contribution is 7.84. The van der Waals surface area contributed by atoms with E-state index in [-0.39, 0.29) is 0 Å². The highest BCUT2D eigenvalue weighted by Crippen LogP contribution is 2.33. The molecule has 1 aromatic rings. The van der Waals surface area contributed by atoms with Gasteiger partial charge in [0.25, 0.3) is 5.56 Å². The molecule has 168 valence electrons. The van der Waals surface area contributed by atoms with E-state index in [1.165, 1.54) is 0 Å². The van der Waals surface area contributed by atoms with Gasteiger partial charge in [-0.1, -0.05) is 0 Å². The van der Waals surface area contributed by atoms with Crippen LogP contribution in [0, 0.1) is 0 Å². The van der Waals surface area contributed by atoms with Crippen LogP contribution in [0.1, 0.15) is 33.9 Å². The summed E-state index contributed by atoms with van der Waals surface area (Å²) < 4.78 is 47.9. The molecule has 1 aliphatic rings. The van der Waals surface area contributed by atoms with Gasteiger partial charge in [-0.15, -0.1) is 0 Å². The number of carbonyl (C=O) groups is 2. The van der Waals surface area contributed by atoms with Crippen molar-refractivity contribution in [3.8, 4) is 0 Å². The fourth-order valence-corrected chi connectivity index (χ4v) is 3.78. The maximum Gasteiger partial charge on any atom is 0.336 e. The van der Waals surface area contributed by atoms with Crippen LogP contribution in [0.2, 0.25) is 0 Å². The molecule has 0 amide bonds. The number of nitrogens with one attached hydrogen (secondary N) is 2. The molecule has 2 unspecified atom stereocenters. The first-order valence-electron chi connectivity index (χ1n) is 8.87. The van der Waals surface area contributed by atoms with Gasteiger partial charge in [0, 0.05) is 32.2 Å². The minimum Gasteiger partial charge on any atom is -0.456 e. The maximum atomic E-state index is 12.2. The zero-order valence-corrected chi connectivity index (χ0v) is 17.5. The Labute approximate surface area is 171 Å². The van der Waals surface area contributed by atoms with Crippen molar-refractivity contribution >= 4 is 22.2 Å². The molecule has 4 atom stereocenters. The standard InChI is InChI=1S/C16H23N3O10S/c1-8(2)18-30(24,25)26-7-11-13(27-9(3)20)14(28-10(4)21)15(29-11)19-6-5-12(22)17-16(19)23/h5-6,8,11,13-15,18H,7H2,1-4H3,(H,17,22,23)/t11?,13?,14-,15-/m1/s1. The highest BCUT2D eigenvalue weighted by atomic mass is 32.2. The SMILES string of the molecule is CC(=O)OC1C(COS(=O)(=O)NC(C)C)O[C@@H](n2ccc(=O)[nH]c2=O)[C@@H]1OC(C)=O. The molecule has 0 bridgehead atoms. The van der Waals surface area contributed by atoms with Gasteiger partial charge >= 0.3 is 27.9 Å². The molecule has 2 rings (SSSR count). The van der Waals surface area contributed by atoms with Crippen LogP contribution in [-0.2, 0) is 38.3 Å². The zero-order chi connectivity index (χ0) is 22.6. The van der Waals surface area contributed by atoms with Gasteiger partial charge in [0.15, 0.2) is 18.4 Å². The second-order valence-corrected chi connectivity index (χ2v) is 8.12. The number of ether oxygens (including phenoxy) is 3. The van der Waals surface area contributed by atoms with Crippen molar-refractivity contribution < 1.29 is 36.4 Å². The third-order valence-electron chi connectivity index (χ3n) is 3.78. The first-order chi connectivity index (χ1) is 13.9. The molecule has 1 saturated heterocycles. The predicted octanol–water partition coefficient (Wildman–Crippen LogP) is -1.44. The molecular weight excluding hydrogens is 426 g/mol. The van der Waals surface area contributed by atoms with E-state index >= 15 is 0 Å². The summed E-state index contributed by atoms with van der Waals surface area (Å²) in [5, 5.41) is 0. The van der Waals surface area contributed by atoms with E-state index in [9.17, 15) is 27.6 Å². The number of aromatic amines is 1. The molecule has 1 aliphatic heterocycles. The molecule has 1 aromatic heterocycles. The number of hydrogen-bond donors (Lipinski definition) is 2. The molecule has 1 fully saturated rings. The third-order valence-corrected chi connectivity index (χ3v) is 4.99. The first kappa shape index (κ1) is 23.7. The summed E-state index contributed by atoms with van der Waals surface area (Å²) in [7, 11) is -4.15. The lowest BCUT2D eigenvalue weighted by atomic mass is 10.1. The van der Waals surface area contributed by atoms with Crippen LogP contribution >= 0.6 is 0 Å². The lowest BCUT2D eigenvalue weighted by Crippen LogP contribution is -2.43. The van der Waals surface area contributed by atoms with Gasteiger partial charge in [-0.3, -0.25) is 28.1 Å². The molecule has 14 heteroatoms. The van der Waals surface area contributed by atoms with Gasteiger partial charge in [-0.05, 0) is 13.8 Å². The van der Waals surface area contributed by atoms with Crippen molar-refractivity contribution in [2.45, 2.75) is 58.3 Å². The first-order valence-corrected chi connectivity index (χ1v) is 10.3. The van der Waals surface area contributed by atoms with Crippen LogP contribution in [0.5, 0.6) is 0 Å². The van der Waals surface area contributed by atoms with Crippen LogP contribution in [0.25, 0.3) is 0 Å². The van der Waals surface area contributed by atoms with E-state index in [2.05, 4.69) is 4.72 Å². The van der Waals surface area contributed by atoms with Gasteiger partial charge in [-0.25, -0.2) is 4.79 Å². The number of H-pyrrole nitrogens is 1. The summed E-state index contributed by atoms with van der Waals surface area (Å²) in [5.74, 6) is -1.53. The van der Waals surface area contributed by atoms with Crippen molar-refractivity contribution in [3.63, 3.8) is 0 Å². The number of nitrogens with zero attached hydrogens (tertiary/aromatic N) is 1. The Balaban J connectivity index is 2.38. The average Bonchev–Trinajstić information content (AvgIpc) is 2.88. The zero-order valence-electron chi connectivity index (χ0n) is 16.7. The fraction of sp³-hybridized carbons (Fsp3) is 0.625. The molecule has 13 nitrogen and oxygen atoms in total. The number of hydrogen-bond acceptors (Lipinski definition) is 10. The van der Waals surface area contributed by atoms with Crippen molar-refractivity contribution in [2.24, 2.45) is 0 Å². The van der Waals surface area contributed by atoms with E-state index in [0.717, 1.165) is 30.7 Å². The smallest absolute Gasteiger partial charge is 0.336 e. The van der Waals surface area contributed by atoms with Crippen LogP contribution in [-0.4, -0.2) is 60.9 Å². The molecule has 2 N–H and O–H groups in total. The lowest BCUT2D eigenvalue weighted by molar-refractivity contribution is -0.165. The summed E-state index contributed by atoms with van der Waals surface area (Å²) in [5.41, 5.74) is -1.54.